The molecule has 5 rings (SSSR count). The van der Waals surface area contributed by atoms with Gasteiger partial charge in [0, 0.05) is 21.7 Å². The number of hydrogen-bond donors (Lipinski definition) is 2. The summed E-state index contributed by atoms with van der Waals surface area (Å²) in [6.07, 6.45) is 0. The Kier molecular flexibility index (Phi) is 6.69. The van der Waals surface area contributed by atoms with Crippen molar-refractivity contribution in [2.75, 3.05) is 5.32 Å². The van der Waals surface area contributed by atoms with Crippen LogP contribution in [0.5, 0.6) is 0 Å². The number of nitrogens with one attached hydrogen (secondary N) is 2. The highest BCUT2D eigenvalue weighted by atomic mass is 35.5. The first-order valence-corrected chi connectivity index (χ1v) is 11.8. The van der Waals surface area contributed by atoms with E-state index >= 15 is 0 Å². The van der Waals surface area contributed by atoms with Gasteiger partial charge in [0.15, 0.2) is 10.6 Å². The second-order valence-electron chi connectivity index (χ2n) is 7.57. The molecule has 0 saturated heterocycles. The molecule has 0 radical (unpaired) electrons. The Hall–Kier alpha value is -4.16. The summed E-state index contributed by atoms with van der Waals surface area (Å²) in [5.41, 5.74) is 4.13. The van der Waals surface area contributed by atoms with Crippen LogP contribution in [-0.4, -0.2) is 25.1 Å². The predicted molar refractivity (Wildman–Crippen MR) is 144 cm³/mol. The summed E-state index contributed by atoms with van der Waals surface area (Å²) in [5.74, 6) is 0.335. The van der Waals surface area contributed by atoms with Crippen LogP contribution < -0.4 is 5.32 Å². The Balaban J connectivity index is 1.63. The number of nitrogens with zero attached hydrogens (tertiary/aromatic N) is 5. The molecule has 0 amide bonds. The molecule has 2 aromatic heterocycles. The molecular weight excluding hydrogens is 513 g/mol. The third-order valence-electron chi connectivity index (χ3n) is 5.26. The quantitative estimate of drug-likeness (QED) is 0.232. The van der Waals surface area contributed by atoms with E-state index < -0.39 is 0 Å². The number of hydrogen-bond acceptors (Lipinski definition) is 7. The molecule has 10 heteroatoms. The van der Waals surface area contributed by atoms with Crippen molar-refractivity contribution >= 4 is 47.2 Å². The number of halogens is 2. The first kappa shape index (κ1) is 23.6. The number of benzene rings is 3. The summed E-state index contributed by atoms with van der Waals surface area (Å²) in [6, 6.07) is 26.5. The van der Waals surface area contributed by atoms with Crippen LogP contribution in [0.15, 0.2) is 78.9 Å². The summed E-state index contributed by atoms with van der Waals surface area (Å²) in [4.78, 5) is 12.0. The topological polar surface area (TPSA) is 103 Å². The average molecular weight is 528 g/mol. The third kappa shape index (κ3) is 4.81. The van der Waals surface area contributed by atoms with E-state index in [1.165, 1.54) is 0 Å². The molecule has 0 bridgehead atoms. The van der Waals surface area contributed by atoms with Crippen molar-refractivity contribution in [3.05, 3.63) is 99.2 Å². The van der Waals surface area contributed by atoms with Crippen molar-refractivity contribution in [1.29, 1.82) is 5.26 Å². The minimum absolute atomic E-state index is 0.148. The molecule has 0 aliphatic carbocycles. The second kappa shape index (κ2) is 10.2. The van der Waals surface area contributed by atoms with Gasteiger partial charge < -0.3 is 10.3 Å². The number of aromatic nitrogens is 5. The van der Waals surface area contributed by atoms with Gasteiger partial charge in [-0.05, 0) is 30.4 Å². The minimum atomic E-state index is 0.148. The van der Waals surface area contributed by atoms with Crippen molar-refractivity contribution in [3.63, 3.8) is 0 Å². The highest BCUT2D eigenvalue weighted by Crippen LogP contribution is 2.34. The molecule has 0 aliphatic heterocycles. The van der Waals surface area contributed by atoms with E-state index in [1.807, 2.05) is 60.7 Å². The Morgan fingerprint density at radius 2 is 1.50 bits per heavy atom. The van der Waals surface area contributed by atoms with Gasteiger partial charge in [0.05, 0.1) is 10.7 Å². The molecule has 0 fully saturated rings. The summed E-state index contributed by atoms with van der Waals surface area (Å²) in [7, 11) is 0. The highest BCUT2D eigenvalue weighted by Gasteiger charge is 2.18. The Labute approximate surface area is 221 Å². The third-order valence-corrected chi connectivity index (χ3v) is 6.00. The number of aromatic amines is 1. The molecular formula is C26H15Cl2N7S. The molecule has 0 unspecified atom stereocenters. The van der Waals surface area contributed by atoms with Gasteiger partial charge in [0.25, 0.3) is 0 Å². The van der Waals surface area contributed by atoms with Crippen LogP contribution in [0.1, 0.15) is 5.56 Å². The zero-order chi connectivity index (χ0) is 25.1. The van der Waals surface area contributed by atoms with Crippen molar-refractivity contribution in [3.8, 4) is 39.8 Å². The van der Waals surface area contributed by atoms with Gasteiger partial charge in [-0.25, -0.2) is 9.97 Å². The zero-order valence-corrected chi connectivity index (χ0v) is 20.7. The van der Waals surface area contributed by atoms with Crippen LogP contribution in [0.4, 0.5) is 11.8 Å². The van der Waals surface area contributed by atoms with Crippen molar-refractivity contribution in [2.24, 2.45) is 0 Å². The lowest BCUT2D eigenvalue weighted by molar-refractivity contribution is 0.983. The summed E-state index contributed by atoms with van der Waals surface area (Å²) in [5, 5.41) is 22.6. The maximum atomic E-state index is 9.99. The average Bonchev–Trinajstić information content (AvgIpc) is 2.89. The summed E-state index contributed by atoms with van der Waals surface area (Å²) >= 11 is 17.8. The molecule has 0 aliphatic rings. The van der Waals surface area contributed by atoms with Gasteiger partial charge in [0.2, 0.25) is 5.95 Å². The molecule has 36 heavy (non-hydrogen) atoms. The first-order chi connectivity index (χ1) is 17.5. The fourth-order valence-corrected chi connectivity index (χ4v) is 4.34. The van der Waals surface area contributed by atoms with Crippen LogP contribution in [-0.2, 0) is 0 Å². The number of H-pyrrole nitrogens is 1. The molecule has 0 atom stereocenters. The van der Waals surface area contributed by atoms with E-state index in [0.717, 1.165) is 11.1 Å². The molecule has 5 aromatic rings. The maximum Gasteiger partial charge on any atom is 0.248 e. The van der Waals surface area contributed by atoms with Gasteiger partial charge in [-0.3, -0.25) is 0 Å². The van der Waals surface area contributed by atoms with Crippen molar-refractivity contribution < 1.29 is 0 Å². The van der Waals surface area contributed by atoms with Crippen LogP contribution in [0.3, 0.4) is 0 Å². The summed E-state index contributed by atoms with van der Waals surface area (Å²) in [6.45, 7) is 0. The van der Waals surface area contributed by atoms with E-state index in [2.05, 4.69) is 31.6 Å². The monoisotopic (exact) mass is 527 g/mol. The lowest BCUT2D eigenvalue weighted by Gasteiger charge is -2.13. The normalized spacial score (nSPS) is 10.6. The Morgan fingerprint density at radius 3 is 2.14 bits per heavy atom. The Bertz CT molecular complexity index is 1670. The van der Waals surface area contributed by atoms with E-state index in [1.54, 1.807) is 18.2 Å². The van der Waals surface area contributed by atoms with Gasteiger partial charge in [-0.15, -0.1) is 10.2 Å². The zero-order valence-electron chi connectivity index (χ0n) is 18.4. The minimum Gasteiger partial charge on any atom is -0.329 e. The molecule has 2 heterocycles. The Morgan fingerprint density at radius 1 is 0.833 bits per heavy atom. The van der Waals surface area contributed by atoms with Crippen LogP contribution in [0.25, 0.3) is 33.8 Å². The summed E-state index contributed by atoms with van der Waals surface area (Å²) < 4.78 is 0.148. The highest BCUT2D eigenvalue weighted by molar-refractivity contribution is 7.71. The molecule has 2 N–H and O–H groups in total. The van der Waals surface area contributed by atoms with E-state index in [0.29, 0.717) is 32.7 Å². The molecule has 0 saturated carbocycles. The van der Waals surface area contributed by atoms with Crippen LogP contribution in [0, 0.1) is 16.1 Å². The van der Waals surface area contributed by atoms with Crippen LogP contribution in [0.2, 0.25) is 10.0 Å². The number of nitriles is 1. The van der Waals surface area contributed by atoms with Gasteiger partial charge >= 0.3 is 0 Å². The lowest BCUT2D eigenvalue weighted by Crippen LogP contribution is -2.07. The largest absolute Gasteiger partial charge is 0.329 e. The molecule has 3 aromatic carbocycles. The standard InChI is InChI=1S/C26H15Cl2N7S/c27-17-11-12-18(20(28)13-17)23-19(14-29)24(33-26(36)31-23)32-25-30-21(15-7-3-1-4-8-15)22(34-35-25)16-9-5-2-6-10-16/h1-13H,(H2,30,31,32,33,35,36). The molecule has 0 spiro atoms. The fraction of sp³-hybridized carbons (Fsp3) is 0. The smallest absolute Gasteiger partial charge is 0.248 e. The molecule has 7 nitrogen and oxygen atoms in total. The van der Waals surface area contributed by atoms with Gasteiger partial charge in [-0.2, -0.15) is 5.26 Å². The van der Waals surface area contributed by atoms with E-state index in [9.17, 15) is 5.26 Å². The molecule has 174 valence electrons. The SMILES string of the molecule is N#Cc1c(Nc2nnc(-c3ccccc3)c(-c3ccccc3)n2)nc(=S)[nH]c1-c1ccc(Cl)cc1Cl. The van der Waals surface area contributed by atoms with E-state index in [4.69, 9.17) is 40.4 Å². The number of anilines is 2. The van der Waals surface area contributed by atoms with E-state index in [-0.39, 0.29) is 22.1 Å². The first-order valence-electron chi connectivity index (χ1n) is 10.7. The van der Waals surface area contributed by atoms with Gasteiger partial charge in [0.1, 0.15) is 23.0 Å². The lowest BCUT2D eigenvalue weighted by atomic mass is 10.0. The van der Waals surface area contributed by atoms with Crippen molar-refractivity contribution in [2.45, 2.75) is 0 Å². The fourth-order valence-electron chi connectivity index (χ4n) is 3.64. The van der Waals surface area contributed by atoms with Crippen LogP contribution >= 0.6 is 35.4 Å². The van der Waals surface area contributed by atoms with Gasteiger partial charge in [-0.1, -0.05) is 83.9 Å². The maximum absolute atomic E-state index is 9.99. The predicted octanol–water partition coefficient (Wildman–Crippen LogP) is 7.25. The van der Waals surface area contributed by atoms with Crippen molar-refractivity contribution in [1.82, 2.24) is 25.1 Å². The second-order valence-corrected chi connectivity index (χ2v) is 8.80. The number of rotatable bonds is 5.